The van der Waals surface area contributed by atoms with Crippen molar-refractivity contribution in [2.45, 2.75) is 32.4 Å². The third-order valence-corrected chi connectivity index (χ3v) is 5.92. The van der Waals surface area contributed by atoms with Gasteiger partial charge in [0.1, 0.15) is 18.4 Å². The fraction of sp³-hybridized carbons (Fsp3) is 0.346. The van der Waals surface area contributed by atoms with Crippen molar-refractivity contribution in [2.24, 2.45) is 5.92 Å². The Morgan fingerprint density at radius 3 is 2.58 bits per heavy atom. The van der Waals surface area contributed by atoms with E-state index in [4.69, 9.17) is 14.2 Å². The van der Waals surface area contributed by atoms with Crippen molar-refractivity contribution in [1.82, 2.24) is 10.3 Å². The van der Waals surface area contributed by atoms with Gasteiger partial charge in [0, 0.05) is 35.4 Å². The number of ether oxygens (including phenoxy) is 3. The van der Waals surface area contributed by atoms with E-state index in [9.17, 15) is 9.59 Å². The van der Waals surface area contributed by atoms with E-state index < -0.39 is 12.0 Å². The van der Waals surface area contributed by atoms with E-state index >= 15 is 0 Å². The Morgan fingerprint density at radius 1 is 1.12 bits per heavy atom. The molecule has 1 N–H and O–H groups in total. The van der Waals surface area contributed by atoms with Gasteiger partial charge in [0.15, 0.2) is 0 Å². The van der Waals surface area contributed by atoms with Crippen molar-refractivity contribution in [2.75, 3.05) is 20.3 Å². The lowest BCUT2D eigenvalue weighted by Crippen LogP contribution is -2.48. The van der Waals surface area contributed by atoms with Crippen LogP contribution in [-0.2, 0) is 20.9 Å². The topological polar surface area (TPSA) is 86.8 Å². The summed E-state index contributed by atoms with van der Waals surface area (Å²) in [5, 5.41) is 3.90. The molecule has 0 saturated carbocycles. The van der Waals surface area contributed by atoms with Crippen molar-refractivity contribution in [1.29, 1.82) is 0 Å². The number of hydrogen-bond acceptors (Lipinski definition) is 6. The molecular formula is C26H28N2O5. The zero-order chi connectivity index (χ0) is 23.2. The number of fused-ring (bicyclic) bond motifs is 1. The van der Waals surface area contributed by atoms with Crippen LogP contribution in [0.2, 0.25) is 0 Å². The van der Waals surface area contributed by atoms with Crippen LogP contribution in [0.4, 0.5) is 0 Å². The quantitative estimate of drug-likeness (QED) is 0.553. The molecule has 2 aromatic carbocycles. The monoisotopic (exact) mass is 448 g/mol. The molecule has 0 aliphatic carbocycles. The lowest BCUT2D eigenvalue weighted by molar-refractivity contribution is -0.145. The summed E-state index contributed by atoms with van der Waals surface area (Å²) in [5.41, 5.74) is 3.38. The highest BCUT2D eigenvalue weighted by Crippen LogP contribution is 2.22. The number of aromatic nitrogens is 1. The number of benzene rings is 2. The lowest BCUT2D eigenvalue weighted by Gasteiger charge is -2.29. The van der Waals surface area contributed by atoms with Gasteiger partial charge in [0.25, 0.3) is 5.91 Å². The number of methoxy groups -OCH3 is 1. The van der Waals surface area contributed by atoms with Gasteiger partial charge in [0.2, 0.25) is 0 Å². The van der Waals surface area contributed by atoms with Crippen molar-refractivity contribution in [3.8, 4) is 5.75 Å². The summed E-state index contributed by atoms with van der Waals surface area (Å²) < 4.78 is 16.3. The summed E-state index contributed by atoms with van der Waals surface area (Å²) in [6.45, 7) is 3.51. The fourth-order valence-electron chi connectivity index (χ4n) is 4.15. The Labute approximate surface area is 193 Å². The van der Waals surface area contributed by atoms with Gasteiger partial charge in [-0.1, -0.05) is 18.2 Å². The average Bonchev–Trinajstić information content (AvgIpc) is 2.86. The molecule has 33 heavy (non-hydrogen) atoms. The Hall–Kier alpha value is -3.45. The molecular weight excluding hydrogens is 420 g/mol. The van der Waals surface area contributed by atoms with Crippen LogP contribution >= 0.6 is 0 Å². The predicted molar refractivity (Wildman–Crippen MR) is 124 cm³/mol. The normalized spacial score (nSPS) is 15.1. The highest BCUT2D eigenvalue weighted by molar-refractivity contribution is 5.97. The summed E-state index contributed by atoms with van der Waals surface area (Å²) in [7, 11) is 1.33. The number of hydrogen-bond donors (Lipinski definition) is 1. The predicted octanol–water partition coefficient (Wildman–Crippen LogP) is 3.82. The molecule has 172 valence electrons. The maximum Gasteiger partial charge on any atom is 0.328 e. The highest BCUT2D eigenvalue weighted by Gasteiger charge is 2.32. The van der Waals surface area contributed by atoms with Gasteiger partial charge in [-0.05, 0) is 62.1 Å². The molecule has 0 radical (unpaired) electrons. The van der Waals surface area contributed by atoms with E-state index in [0.717, 1.165) is 22.2 Å². The molecule has 1 aliphatic heterocycles. The second kappa shape index (κ2) is 10.4. The first-order valence-corrected chi connectivity index (χ1v) is 11.1. The summed E-state index contributed by atoms with van der Waals surface area (Å²) in [6.07, 6.45) is 1.41. The average molecular weight is 449 g/mol. The molecule has 1 fully saturated rings. The third-order valence-electron chi connectivity index (χ3n) is 5.92. The van der Waals surface area contributed by atoms with Crippen LogP contribution in [0, 0.1) is 12.8 Å². The Bertz CT molecular complexity index is 1120. The zero-order valence-electron chi connectivity index (χ0n) is 18.9. The van der Waals surface area contributed by atoms with Crippen molar-refractivity contribution < 1.29 is 23.8 Å². The van der Waals surface area contributed by atoms with E-state index in [1.54, 1.807) is 24.3 Å². The number of para-hydroxylation sites is 1. The van der Waals surface area contributed by atoms with Gasteiger partial charge in [0.05, 0.1) is 12.6 Å². The van der Waals surface area contributed by atoms with Crippen LogP contribution in [0.1, 0.15) is 34.5 Å². The third kappa shape index (κ3) is 5.49. The second-order valence-corrected chi connectivity index (χ2v) is 8.18. The molecule has 1 atom stereocenters. The largest absolute Gasteiger partial charge is 0.489 e. The molecule has 1 aromatic heterocycles. The summed E-state index contributed by atoms with van der Waals surface area (Å²) in [6, 6.07) is 16.2. The first kappa shape index (κ1) is 22.7. The molecule has 0 bridgehead atoms. The number of esters is 1. The summed E-state index contributed by atoms with van der Waals surface area (Å²) in [4.78, 5) is 29.6. The van der Waals surface area contributed by atoms with Gasteiger partial charge >= 0.3 is 5.97 Å². The first-order valence-electron chi connectivity index (χ1n) is 11.1. The molecule has 3 aromatic rings. The number of nitrogens with one attached hydrogen (secondary N) is 1. The number of rotatable bonds is 7. The van der Waals surface area contributed by atoms with E-state index in [1.807, 2.05) is 37.3 Å². The number of pyridine rings is 1. The number of carbonyl (C=O) groups is 2. The maximum absolute atomic E-state index is 12.8. The summed E-state index contributed by atoms with van der Waals surface area (Å²) >= 11 is 0. The van der Waals surface area contributed by atoms with Gasteiger partial charge in [-0.15, -0.1) is 0 Å². The molecule has 4 rings (SSSR count). The molecule has 2 heterocycles. The Kier molecular flexibility index (Phi) is 7.19. The van der Waals surface area contributed by atoms with Crippen LogP contribution in [0.5, 0.6) is 5.75 Å². The van der Waals surface area contributed by atoms with Crippen LogP contribution in [0.25, 0.3) is 10.9 Å². The summed E-state index contributed by atoms with van der Waals surface area (Å²) in [5.74, 6) is -0.107. The smallest absolute Gasteiger partial charge is 0.328 e. The van der Waals surface area contributed by atoms with Crippen molar-refractivity contribution >= 4 is 22.8 Å². The van der Waals surface area contributed by atoms with Crippen LogP contribution < -0.4 is 10.1 Å². The van der Waals surface area contributed by atoms with E-state index in [2.05, 4.69) is 10.3 Å². The number of carbonyl (C=O) groups excluding carboxylic acids is 2. The molecule has 1 unspecified atom stereocenters. The molecule has 7 heteroatoms. The van der Waals surface area contributed by atoms with Gasteiger partial charge in [-0.3, -0.25) is 9.78 Å². The SMILES string of the molecule is COC(=O)C(NC(=O)c1ccc(OCc2cc(C)nc3ccccc23)cc1)C1CCOCC1. The fourth-order valence-corrected chi connectivity index (χ4v) is 4.15. The minimum absolute atomic E-state index is 0.00333. The lowest BCUT2D eigenvalue weighted by atomic mass is 9.91. The molecule has 0 spiro atoms. The minimum atomic E-state index is -0.689. The van der Waals surface area contributed by atoms with Crippen LogP contribution in [0.3, 0.4) is 0 Å². The van der Waals surface area contributed by atoms with Gasteiger partial charge < -0.3 is 19.5 Å². The van der Waals surface area contributed by atoms with Crippen LogP contribution in [0.15, 0.2) is 54.6 Å². The van der Waals surface area contributed by atoms with Crippen LogP contribution in [-0.4, -0.2) is 43.2 Å². The maximum atomic E-state index is 12.8. The standard InChI is InChI=1S/C26H28N2O5/c1-17-15-20(22-5-3-4-6-23(22)27-17)16-33-21-9-7-19(8-10-21)25(29)28-24(26(30)31-2)18-11-13-32-14-12-18/h3-10,15,18,24H,11-14,16H2,1-2H3,(H,28,29). The number of nitrogens with zero attached hydrogens (tertiary/aromatic N) is 1. The molecule has 1 amide bonds. The Balaban J connectivity index is 1.41. The van der Waals surface area contributed by atoms with Crippen molar-refractivity contribution in [3.63, 3.8) is 0 Å². The van der Waals surface area contributed by atoms with E-state index in [0.29, 0.717) is 44.0 Å². The Morgan fingerprint density at radius 2 is 1.85 bits per heavy atom. The highest BCUT2D eigenvalue weighted by atomic mass is 16.5. The van der Waals surface area contributed by atoms with Crippen molar-refractivity contribution in [3.05, 3.63) is 71.4 Å². The van der Waals surface area contributed by atoms with E-state index in [1.165, 1.54) is 7.11 Å². The van der Waals surface area contributed by atoms with Gasteiger partial charge in [-0.25, -0.2) is 4.79 Å². The minimum Gasteiger partial charge on any atom is -0.489 e. The molecule has 1 aliphatic rings. The van der Waals surface area contributed by atoms with E-state index in [-0.39, 0.29) is 11.8 Å². The molecule has 7 nitrogen and oxygen atoms in total. The molecule has 1 saturated heterocycles. The number of aryl methyl sites for hydroxylation is 1. The second-order valence-electron chi connectivity index (χ2n) is 8.18. The first-order chi connectivity index (χ1) is 16.0. The zero-order valence-corrected chi connectivity index (χ0v) is 18.9. The van der Waals surface area contributed by atoms with Gasteiger partial charge in [-0.2, -0.15) is 0 Å². The number of amides is 1.